The molecule has 4 heteroatoms. The predicted molar refractivity (Wildman–Crippen MR) is 43.4 cm³/mol. The SMILES string of the molecule is CC(I)CCCC(F)(F)F. The quantitative estimate of drug-likeness (QED) is 0.541. The van der Waals surface area contributed by atoms with E-state index in [1.807, 2.05) is 6.92 Å². The van der Waals surface area contributed by atoms with Gasteiger partial charge in [-0.05, 0) is 12.8 Å². The lowest BCUT2D eigenvalue weighted by molar-refractivity contribution is -0.135. The second-order valence-corrected chi connectivity index (χ2v) is 4.41. The maximum absolute atomic E-state index is 11.5. The molecular formula is C6H10F3I. The first-order chi connectivity index (χ1) is 4.42. The molecule has 62 valence electrons. The van der Waals surface area contributed by atoms with Crippen molar-refractivity contribution in [1.82, 2.24) is 0 Å². The molecule has 0 heterocycles. The number of hydrogen-bond donors (Lipinski definition) is 0. The molecule has 0 N–H and O–H groups in total. The van der Waals surface area contributed by atoms with E-state index in [2.05, 4.69) is 22.6 Å². The van der Waals surface area contributed by atoms with E-state index >= 15 is 0 Å². The van der Waals surface area contributed by atoms with Crippen molar-refractivity contribution in [1.29, 1.82) is 0 Å². The molecule has 0 aliphatic heterocycles. The Morgan fingerprint density at radius 2 is 1.90 bits per heavy atom. The van der Waals surface area contributed by atoms with Crippen molar-refractivity contribution in [3.63, 3.8) is 0 Å². The molecule has 0 saturated carbocycles. The maximum Gasteiger partial charge on any atom is 0.389 e. The highest BCUT2D eigenvalue weighted by Gasteiger charge is 2.25. The van der Waals surface area contributed by atoms with Gasteiger partial charge >= 0.3 is 6.18 Å². The molecule has 0 radical (unpaired) electrons. The van der Waals surface area contributed by atoms with Gasteiger partial charge in [0, 0.05) is 10.3 Å². The molecule has 0 bridgehead atoms. The standard InChI is InChI=1S/C6H10F3I/c1-5(10)3-2-4-6(7,8)9/h5H,2-4H2,1H3. The molecule has 0 aromatic heterocycles. The fraction of sp³-hybridized carbons (Fsp3) is 1.00. The first-order valence-electron chi connectivity index (χ1n) is 3.12. The summed E-state index contributed by atoms with van der Waals surface area (Å²) in [6.45, 7) is 1.91. The summed E-state index contributed by atoms with van der Waals surface area (Å²) in [4.78, 5) is 0. The van der Waals surface area contributed by atoms with Crippen molar-refractivity contribution in [3.05, 3.63) is 0 Å². The molecule has 0 aliphatic carbocycles. The summed E-state index contributed by atoms with van der Waals surface area (Å²) >= 11 is 2.13. The predicted octanol–water partition coefficient (Wildman–Crippen LogP) is 3.54. The third kappa shape index (κ3) is 8.52. The Morgan fingerprint density at radius 3 is 2.20 bits per heavy atom. The minimum atomic E-state index is -3.97. The van der Waals surface area contributed by atoms with Crippen LogP contribution in [0.15, 0.2) is 0 Å². The second-order valence-electron chi connectivity index (χ2n) is 2.29. The van der Waals surface area contributed by atoms with E-state index in [1.165, 1.54) is 0 Å². The van der Waals surface area contributed by atoms with Gasteiger partial charge in [0.05, 0.1) is 0 Å². The van der Waals surface area contributed by atoms with Crippen molar-refractivity contribution in [3.8, 4) is 0 Å². The fourth-order valence-electron chi connectivity index (χ4n) is 0.584. The first kappa shape index (κ1) is 10.5. The molecular weight excluding hydrogens is 256 g/mol. The zero-order valence-corrected chi connectivity index (χ0v) is 7.87. The fourth-order valence-corrected chi connectivity index (χ4v) is 1.02. The van der Waals surface area contributed by atoms with E-state index in [1.54, 1.807) is 0 Å². The van der Waals surface area contributed by atoms with Crippen LogP contribution in [-0.2, 0) is 0 Å². The summed E-state index contributed by atoms with van der Waals surface area (Å²) < 4.78 is 34.9. The van der Waals surface area contributed by atoms with E-state index in [0.717, 1.165) is 0 Å². The molecule has 0 nitrogen and oxygen atoms in total. The lowest BCUT2D eigenvalue weighted by atomic mass is 10.2. The van der Waals surface area contributed by atoms with Gasteiger partial charge in [0.25, 0.3) is 0 Å². The van der Waals surface area contributed by atoms with Crippen LogP contribution in [0.2, 0.25) is 0 Å². The summed E-state index contributed by atoms with van der Waals surface area (Å²) in [5.41, 5.74) is 0. The van der Waals surface area contributed by atoms with Crippen LogP contribution < -0.4 is 0 Å². The minimum absolute atomic E-state index is 0.258. The molecule has 0 saturated heterocycles. The first-order valence-corrected chi connectivity index (χ1v) is 4.37. The minimum Gasteiger partial charge on any atom is -0.171 e. The monoisotopic (exact) mass is 266 g/mol. The topological polar surface area (TPSA) is 0 Å². The molecule has 0 rings (SSSR count). The van der Waals surface area contributed by atoms with Gasteiger partial charge in [-0.2, -0.15) is 13.2 Å². The summed E-state index contributed by atoms with van der Waals surface area (Å²) in [5, 5.41) is 0. The van der Waals surface area contributed by atoms with E-state index in [0.29, 0.717) is 10.3 Å². The highest BCUT2D eigenvalue weighted by molar-refractivity contribution is 14.1. The molecule has 0 spiro atoms. The zero-order chi connectivity index (χ0) is 8.20. The Kier molecular flexibility index (Phi) is 4.64. The summed E-state index contributed by atoms with van der Waals surface area (Å²) in [7, 11) is 0. The lowest BCUT2D eigenvalue weighted by Gasteiger charge is -2.05. The van der Waals surface area contributed by atoms with Crippen LogP contribution in [0.25, 0.3) is 0 Å². The van der Waals surface area contributed by atoms with Crippen LogP contribution in [0.1, 0.15) is 26.2 Å². The Balaban J connectivity index is 3.21. The Labute approximate surface area is 72.3 Å². The molecule has 0 fully saturated rings. The summed E-state index contributed by atoms with van der Waals surface area (Å²) in [5.74, 6) is 0. The third-order valence-corrected chi connectivity index (χ3v) is 1.68. The smallest absolute Gasteiger partial charge is 0.171 e. The summed E-state index contributed by atoms with van der Waals surface area (Å²) in [6, 6.07) is 0. The van der Waals surface area contributed by atoms with Crippen molar-refractivity contribution >= 4 is 22.6 Å². The van der Waals surface area contributed by atoms with Crippen molar-refractivity contribution in [2.24, 2.45) is 0 Å². The van der Waals surface area contributed by atoms with Gasteiger partial charge in [-0.1, -0.05) is 29.5 Å². The average Bonchev–Trinajstić information content (AvgIpc) is 1.59. The van der Waals surface area contributed by atoms with Crippen LogP contribution >= 0.6 is 22.6 Å². The highest BCUT2D eigenvalue weighted by Crippen LogP contribution is 2.23. The van der Waals surface area contributed by atoms with E-state index in [9.17, 15) is 13.2 Å². The largest absolute Gasteiger partial charge is 0.389 e. The van der Waals surface area contributed by atoms with Gasteiger partial charge in [-0.15, -0.1) is 0 Å². The zero-order valence-electron chi connectivity index (χ0n) is 5.71. The van der Waals surface area contributed by atoms with Gasteiger partial charge < -0.3 is 0 Å². The van der Waals surface area contributed by atoms with Gasteiger partial charge in [-0.25, -0.2) is 0 Å². The molecule has 0 aromatic carbocycles. The molecule has 0 amide bonds. The van der Waals surface area contributed by atoms with E-state index in [4.69, 9.17) is 0 Å². The molecule has 0 aliphatic rings. The molecule has 0 aromatic rings. The maximum atomic E-state index is 11.5. The van der Waals surface area contributed by atoms with Crippen molar-refractivity contribution < 1.29 is 13.2 Å². The number of halogens is 4. The van der Waals surface area contributed by atoms with Crippen molar-refractivity contribution in [2.75, 3.05) is 0 Å². The van der Waals surface area contributed by atoms with Crippen molar-refractivity contribution in [2.45, 2.75) is 36.3 Å². The van der Waals surface area contributed by atoms with Crippen LogP contribution in [0.3, 0.4) is 0 Å². The van der Waals surface area contributed by atoms with Crippen LogP contribution in [0, 0.1) is 0 Å². The van der Waals surface area contributed by atoms with Gasteiger partial charge in [0.15, 0.2) is 0 Å². The highest BCUT2D eigenvalue weighted by atomic mass is 127. The summed E-state index contributed by atoms with van der Waals surface area (Å²) in [6.07, 6.45) is -3.69. The lowest BCUT2D eigenvalue weighted by Crippen LogP contribution is -2.07. The van der Waals surface area contributed by atoms with Crippen LogP contribution in [0.5, 0.6) is 0 Å². The number of rotatable bonds is 3. The normalized spacial score (nSPS) is 15.3. The van der Waals surface area contributed by atoms with E-state index in [-0.39, 0.29) is 6.42 Å². The number of alkyl halides is 4. The second kappa shape index (κ2) is 4.41. The Morgan fingerprint density at radius 1 is 1.40 bits per heavy atom. The molecule has 1 atom stereocenters. The van der Waals surface area contributed by atoms with Crippen LogP contribution in [0.4, 0.5) is 13.2 Å². The van der Waals surface area contributed by atoms with Gasteiger partial charge in [0.1, 0.15) is 0 Å². The Bertz CT molecular complexity index is 87.5. The van der Waals surface area contributed by atoms with Gasteiger partial charge in [0.2, 0.25) is 0 Å². The van der Waals surface area contributed by atoms with Crippen LogP contribution in [-0.4, -0.2) is 10.1 Å². The average molecular weight is 266 g/mol. The Hall–Kier alpha value is 0.520. The van der Waals surface area contributed by atoms with E-state index < -0.39 is 12.6 Å². The third-order valence-electron chi connectivity index (χ3n) is 1.06. The molecule has 1 unspecified atom stereocenters. The van der Waals surface area contributed by atoms with Gasteiger partial charge in [-0.3, -0.25) is 0 Å². The molecule has 10 heavy (non-hydrogen) atoms. The number of hydrogen-bond acceptors (Lipinski definition) is 0.